The zero-order chi connectivity index (χ0) is 17.7. The number of urea groups is 1. The minimum Gasteiger partial charge on any atom is -0.495 e. The second-order valence-electron chi connectivity index (χ2n) is 6.36. The molecule has 1 fully saturated rings. The topological polar surface area (TPSA) is 71.0 Å². The van der Waals surface area contributed by atoms with Gasteiger partial charge in [0, 0.05) is 43.3 Å². The largest absolute Gasteiger partial charge is 0.495 e. The van der Waals surface area contributed by atoms with Gasteiger partial charge in [0.25, 0.3) is 0 Å². The van der Waals surface area contributed by atoms with Gasteiger partial charge in [-0.2, -0.15) is 0 Å². The van der Waals surface area contributed by atoms with E-state index in [4.69, 9.17) is 21.1 Å². The van der Waals surface area contributed by atoms with Crippen LogP contribution in [0, 0.1) is 12.3 Å². The highest BCUT2D eigenvalue weighted by Crippen LogP contribution is 2.33. The summed E-state index contributed by atoms with van der Waals surface area (Å²) < 4.78 is 10.6. The molecule has 134 valence electrons. The molecule has 0 bridgehead atoms. The molecular formula is C17H25ClN2O4. The van der Waals surface area contributed by atoms with Crippen molar-refractivity contribution in [2.75, 3.05) is 45.8 Å². The number of aliphatic hydroxyl groups is 1. The van der Waals surface area contributed by atoms with Crippen molar-refractivity contribution in [1.29, 1.82) is 0 Å². The lowest BCUT2D eigenvalue weighted by Crippen LogP contribution is -2.45. The van der Waals surface area contributed by atoms with Crippen LogP contribution in [0.2, 0.25) is 5.02 Å². The van der Waals surface area contributed by atoms with E-state index in [9.17, 15) is 9.90 Å². The molecular weight excluding hydrogens is 332 g/mol. The Bertz CT molecular complexity index is 588. The van der Waals surface area contributed by atoms with E-state index in [-0.39, 0.29) is 18.1 Å². The smallest absolute Gasteiger partial charge is 0.321 e. The van der Waals surface area contributed by atoms with Crippen LogP contribution in [0.4, 0.5) is 10.5 Å². The lowest BCUT2D eigenvalue weighted by Gasteiger charge is -2.38. The number of rotatable bonds is 5. The molecule has 24 heavy (non-hydrogen) atoms. The third-order valence-corrected chi connectivity index (χ3v) is 4.94. The number of carbonyl (C=O) groups is 1. The zero-order valence-corrected chi connectivity index (χ0v) is 15.2. The van der Waals surface area contributed by atoms with Gasteiger partial charge in [-0.3, -0.25) is 0 Å². The van der Waals surface area contributed by atoms with E-state index in [0.717, 1.165) is 18.4 Å². The first-order valence-electron chi connectivity index (χ1n) is 7.96. The molecule has 0 spiro atoms. The van der Waals surface area contributed by atoms with Crippen LogP contribution in [0.25, 0.3) is 0 Å². The number of amides is 2. The van der Waals surface area contributed by atoms with Crippen molar-refractivity contribution in [1.82, 2.24) is 4.90 Å². The lowest BCUT2D eigenvalue weighted by molar-refractivity contribution is -0.0255. The van der Waals surface area contributed by atoms with E-state index in [0.29, 0.717) is 36.2 Å². The van der Waals surface area contributed by atoms with Crippen molar-refractivity contribution in [3.8, 4) is 5.75 Å². The predicted molar refractivity (Wildman–Crippen MR) is 94.0 cm³/mol. The van der Waals surface area contributed by atoms with Crippen LogP contribution in [0.1, 0.15) is 18.4 Å². The molecule has 2 N–H and O–H groups in total. The molecule has 1 aliphatic heterocycles. The molecule has 2 rings (SSSR count). The summed E-state index contributed by atoms with van der Waals surface area (Å²) in [5, 5.41) is 13.2. The summed E-state index contributed by atoms with van der Waals surface area (Å²) in [7, 11) is 3.25. The molecule has 0 atom stereocenters. The van der Waals surface area contributed by atoms with Gasteiger partial charge in [0.2, 0.25) is 0 Å². The number of aryl methyl sites for hydroxylation is 1. The first kappa shape index (κ1) is 18.8. The number of nitrogens with zero attached hydrogens (tertiary/aromatic N) is 1. The lowest BCUT2D eigenvalue weighted by atomic mass is 9.80. The minimum absolute atomic E-state index is 0.0390. The van der Waals surface area contributed by atoms with Crippen molar-refractivity contribution in [3.63, 3.8) is 0 Å². The molecule has 2 amide bonds. The fourth-order valence-electron chi connectivity index (χ4n) is 2.89. The zero-order valence-electron chi connectivity index (χ0n) is 14.4. The van der Waals surface area contributed by atoms with Gasteiger partial charge in [-0.05, 0) is 31.4 Å². The van der Waals surface area contributed by atoms with Crippen LogP contribution in [0.5, 0.6) is 5.75 Å². The summed E-state index contributed by atoms with van der Waals surface area (Å²) in [6.45, 7) is 3.59. The molecule has 0 aromatic heterocycles. The van der Waals surface area contributed by atoms with Gasteiger partial charge in [0.05, 0.1) is 19.4 Å². The van der Waals surface area contributed by atoms with Gasteiger partial charge < -0.3 is 24.8 Å². The molecule has 6 nitrogen and oxygen atoms in total. The molecule has 1 aromatic rings. The van der Waals surface area contributed by atoms with E-state index in [2.05, 4.69) is 5.32 Å². The molecule has 1 aliphatic rings. The van der Waals surface area contributed by atoms with Crippen LogP contribution in [0.15, 0.2) is 12.1 Å². The highest BCUT2D eigenvalue weighted by atomic mass is 35.5. The summed E-state index contributed by atoms with van der Waals surface area (Å²) >= 11 is 6.09. The van der Waals surface area contributed by atoms with Gasteiger partial charge in [-0.25, -0.2) is 4.79 Å². The summed E-state index contributed by atoms with van der Waals surface area (Å²) in [6, 6.07) is 3.21. The number of hydrogen-bond donors (Lipinski definition) is 2. The maximum Gasteiger partial charge on any atom is 0.321 e. The predicted octanol–water partition coefficient (Wildman–Crippen LogP) is 2.91. The minimum atomic E-state index is -0.301. The summed E-state index contributed by atoms with van der Waals surface area (Å²) in [6.07, 6.45) is 1.48. The molecule has 1 heterocycles. The normalized spacial score (nSPS) is 16.5. The number of halogens is 1. The first-order valence-corrected chi connectivity index (χ1v) is 8.33. The van der Waals surface area contributed by atoms with Gasteiger partial charge in [0.15, 0.2) is 0 Å². The summed E-state index contributed by atoms with van der Waals surface area (Å²) in [5.41, 5.74) is 1.12. The Morgan fingerprint density at radius 3 is 2.71 bits per heavy atom. The second-order valence-corrected chi connectivity index (χ2v) is 6.77. The number of ether oxygens (including phenoxy) is 2. The van der Waals surface area contributed by atoms with Gasteiger partial charge in [-0.1, -0.05) is 11.6 Å². The highest BCUT2D eigenvalue weighted by molar-refractivity contribution is 6.31. The maximum atomic E-state index is 12.5. The standard InChI is InChI=1S/C17H25ClN2O4/c1-12-8-14(15(23-3)9-13(12)18)19-16(22)20(2)10-17(11-21)4-6-24-7-5-17/h8-9,21H,4-7,10-11H2,1-3H3,(H,19,22). The fraction of sp³-hybridized carbons (Fsp3) is 0.588. The number of hydrogen-bond acceptors (Lipinski definition) is 4. The average Bonchev–Trinajstić information content (AvgIpc) is 2.58. The third-order valence-electron chi connectivity index (χ3n) is 4.53. The van der Waals surface area contributed by atoms with Crippen LogP contribution < -0.4 is 10.1 Å². The molecule has 1 saturated heterocycles. The molecule has 7 heteroatoms. The monoisotopic (exact) mass is 356 g/mol. The van der Waals surface area contributed by atoms with Crippen molar-refractivity contribution >= 4 is 23.3 Å². The Balaban J connectivity index is 2.07. The van der Waals surface area contributed by atoms with Crippen molar-refractivity contribution in [2.45, 2.75) is 19.8 Å². The van der Waals surface area contributed by atoms with E-state index in [1.54, 1.807) is 24.1 Å². The van der Waals surface area contributed by atoms with Gasteiger partial charge >= 0.3 is 6.03 Å². The van der Waals surface area contributed by atoms with Crippen LogP contribution in [-0.4, -0.2) is 56.6 Å². The van der Waals surface area contributed by atoms with Gasteiger partial charge in [-0.15, -0.1) is 0 Å². The number of methoxy groups -OCH3 is 1. The highest BCUT2D eigenvalue weighted by Gasteiger charge is 2.34. The average molecular weight is 357 g/mol. The Labute approximate surface area is 147 Å². The Kier molecular flexibility index (Phi) is 6.32. The summed E-state index contributed by atoms with van der Waals surface area (Å²) in [4.78, 5) is 14.1. The number of anilines is 1. The number of aliphatic hydroxyl groups excluding tert-OH is 1. The van der Waals surface area contributed by atoms with E-state index >= 15 is 0 Å². The summed E-state index contributed by atoms with van der Waals surface area (Å²) in [5.74, 6) is 0.510. The van der Waals surface area contributed by atoms with E-state index in [1.807, 2.05) is 6.92 Å². The van der Waals surface area contributed by atoms with Crippen molar-refractivity contribution in [2.24, 2.45) is 5.41 Å². The number of nitrogens with one attached hydrogen (secondary N) is 1. The number of carbonyl (C=O) groups excluding carboxylic acids is 1. The molecule has 0 saturated carbocycles. The Hall–Kier alpha value is -1.50. The van der Waals surface area contributed by atoms with E-state index < -0.39 is 0 Å². The van der Waals surface area contributed by atoms with Crippen LogP contribution >= 0.6 is 11.6 Å². The van der Waals surface area contributed by atoms with Crippen LogP contribution in [0.3, 0.4) is 0 Å². The molecule has 1 aromatic carbocycles. The molecule has 0 unspecified atom stereocenters. The van der Waals surface area contributed by atoms with Crippen molar-refractivity contribution < 1.29 is 19.4 Å². The molecule has 0 radical (unpaired) electrons. The van der Waals surface area contributed by atoms with Gasteiger partial charge in [0.1, 0.15) is 5.75 Å². The maximum absolute atomic E-state index is 12.5. The SMILES string of the molecule is COc1cc(Cl)c(C)cc1NC(=O)N(C)CC1(CO)CCOCC1. The first-order chi connectivity index (χ1) is 11.4. The second kappa shape index (κ2) is 8.05. The third kappa shape index (κ3) is 4.32. The van der Waals surface area contributed by atoms with Crippen LogP contribution in [-0.2, 0) is 4.74 Å². The van der Waals surface area contributed by atoms with Crippen molar-refractivity contribution in [3.05, 3.63) is 22.7 Å². The van der Waals surface area contributed by atoms with E-state index in [1.165, 1.54) is 7.11 Å². The quantitative estimate of drug-likeness (QED) is 0.851. The Morgan fingerprint density at radius 1 is 1.46 bits per heavy atom. The fourth-order valence-corrected chi connectivity index (χ4v) is 3.04. The molecule has 0 aliphatic carbocycles. The number of benzene rings is 1. The Morgan fingerprint density at radius 2 is 2.12 bits per heavy atom.